The van der Waals surface area contributed by atoms with Gasteiger partial charge in [-0.15, -0.1) is 0 Å². The summed E-state index contributed by atoms with van der Waals surface area (Å²) in [5.41, 5.74) is 3.66. The van der Waals surface area contributed by atoms with Crippen LogP contribution in [0.25, 0.3) is 0 Å². The van der Waals surface area contributed by atoms with Crippen LogP contribution in [0.2, 0.25) is 5.02 Å². The normalized spacial score (nSPS) is 10.4. The molecule has 0 aliphatic carbocycles. The van der Waals surface area contributed by atoms with Crippen molar-refractivity contribution in [2.45, 2.75) is 0 Å². The lowest BCUT2D eigenvalue weighted by Crippen LogP contribution is -2.23. The highest BCUT2D eigenvalue weighted by Crippen LogP contribution is 2.15. The molecule has 0 aromatic heterocycles. The van der Waals surface area contributed by atoms with Crippen molar-refractivity contribution < 1.29 is 4.92 Å². The molecule has 0 saturated heterocycles. The number of anilines is 1. The van der Waals surface area contributed by atoms with Gasteiger partial charge in [0, 0.05) is 16.8 Å². The van der Waals surface area contributed by atoms with E-state index in [0.29, 0.717) is 16.3 Å². The number of nitro groups is 1. The molecule has 0 fully saturated rings. The van der Waals surface area contributed by atoms with Gasteiger partial charge in [0.25, 0.3) is 5.69 Å². The first-order valence-corrected chi connectivity index (χ1v) is 6.94. The number of nitrogens with one attached hydrogen (secondary N) is 2. The lowest BCUT2D eigenvalue weighted by Gasteiger charge is -2.06. The van der Waals surface area contributed by atoms with Crippen molar-refractivity contribution in [1.29, 1.82) is 0 Å². The monoisotopic (exact) mass is 334 g/mol. The van der Waals surface area contributed by atoms with Gasteiger partial charge in [-0.2, -0.15) is 5.10 Å². The molecule has 2 rings (SSSR count). The predicted molar refractivity (Wildman–Crippen MR) is 91.5 cm³/mol. The molecule has 2 aromatic rings. The van der Waals surface area contributed by atoms with Gasteiger partial charge < -0.3 is 5.32 Å². The van der Waals surface area contributed by atoms with Crippen LogP contribution >= 0.6 is 23.8 Å². The highest BCUT2D eigenvalue weighted by atomic mass is 35.5. The average molecular weight is 335 g/mol. The first-order valence-electron chi connectivity index (χ1n) is 6.15. The molecule has 6 nitrogen and oxygen atoms in total. The second-order valence-corrected chi connectivity index (χ2v) is 5.00. The van der Waals surface area contributed by atoms with Crippen LogP contribution in [-0.2, 0) is 0 Å². The fourth-order valence-electron chi connectivity index (χ4n) is 1.65. The van der Waals surface area contributed by atoms with Gasteiger partial charge in [0.05, 0.1) is 16.7 Å². The number of nitro benzene ring substituents is 1. The molecule has 0 amide bonds. The summed E-state index contributed by atoms with van der Waals surface area (Å²) in [6, 6.07) is 13.3. The number of hydrazone groups is 1. The van der Waals surface area contributed by atoms with Crippen molar-refractivity contribution in [2.24, 2.45) is 5.10 Å². The Bertz CT molecular complexity index is 736. The number of hydrogen-bond donors (Lipinski definition) is 2. The zero-order valence-corrected chi connectivity index (χ0v) is 12.8. The van der Waals surface area contributed by atoms with Crippen molar-refractivity contribution in [1.82, 2.24) is 5.43 Å². The van der Waals surface area contributed by atoms with Crippen molar-refractivity contribution in [3.8, 4) is 0 Å². The third-order valence-electron chi connectivity index (χ3n) is 2.59. The Kier molecular flexibility index (Phi) is 5.40. The molecule has 112 valence electrons. The highest BCUT2D eigenvalue weighted by Gasteiger charge is 2.09. The molecule has 0 unspecified atom stereocenters. The van der Waals surface area contributed by atoms with Gasteiger partial charge in [0.1, 0.15) is 0 Å². The summed E-state index contributed by atoms with van der Waals surface area (Å²) in [6.07, 6.45) is 1.34. The third kappa shape index (κ3) is 4.51. The van der Waals surface area contributed by atoms with Crippen LogP contribution in [0.15, 0.2) is 53.6 Å². The van der Waals surface area contributed by atoms with E-state index >= 15 is 0 Å². The van der Waals surface area contributed by atoms with E-state index in [1.54, 1.807) is 42.5 Å². The number of thiocarbonyl (C=S) groups is 1. The summed E-state index contributed by atoms with van der Waals surface area (Å²) in [4.78, 5) is 10.4. The van der Waals surface area contributed by atoms with Gasteiger partial charge in [-0.25, -0.2) is 0 Å². The zero-order chi connectivity index (χ0) is 15.9. The van der Waals surface area contributed by atoms with Crippen molar-refractivity contribution in [3.63, 3.8) is 0 Å². The second-order valence-electron chi connectivity index (χ2n) is 4.15. The summed E-state index contributed by atoms with van der Waals surface area (Å²) < 4.78 is 0. The number of halogens is 1. The minimum atomic E-state index is -0.468. The van der Waals surface area contributed by atoms with Gasteiger partial charge in [0.2, 0.25) is 0 Å². The SMILES string of the molecule is O=[N+]([O-])c1ccccc1/C=N/NC(=S)Nc1cccc(Cl)c1. The number of benzene rings is 2. The molecule has 0 aliphatic heterocycles. The van der Waals surface area contributed by atoms with E-state index in [0.717, 1.165) is 0 Å². The molecule has 8 heteroatoms. The number of hydrogen-bond acceptors (Lipinski definition) is 4. The molecular formula is C14H11ClN4O2S. The first-order chi connectivity index (χ1) is 10.6. The fourth-order valence-corrected chi connectivity index (χ4v) is 2.01. The first kappa shape index (κ1) is 15.9. The smallest absolute Gasteiger partial charge is 0.278 e. The van der Waals surface area contributed by atoms with E-state index in [-0.39, 0.29) is 10.8 Å². The Morgan fingerprint density at radius 2 is 2.05 bits per heavy atom. The Morgan fingerprint density at radius 1 is 1.27 bits per heavy atom. The molecule has 0 heterocycles. The van der Waals surface area contributed by atoms with Gasteiger partial charge in [0.15, 0.2) is 5.11 Å². The molecule has 0 bridgehead atoms. The highest BCUT2D eigenvalue weighted by molar-refractivity contribution is 7.80. The molecule has 0 atom stereocenters. The lowest BCUT2D eigenvalue weighted by atomic mass is 10.2. The largest absolute Gasteiger partial charge is 0.331 e. The number of nitrogens with zero attached hydrogens (tertiary/aromatic N) is 2. The van der Waals surface area contributed by atoms with Crippen LogP contribution in [0, 0.1) is 10.1 Å². The number of rotatable bonds is 4. The molecular weight excluding hydrogens is 324 g/mol. The lowest BCUT2D eigenvalue weighted by molar-refractivity contribution is -0.385. The Hall–Kier alpha value is -2.51. The predicted octanol–water partition coefficient (Wildman–Crippen LogP) is 3.57. The standard InChI is InChI=1S/C14H11ClN4O2S/c15-11-5-3-6-12(8-11)17-14(22)18-16-9-10-4-1-2-7-13(10)19(20)21/h1-9H,(H2,17,18,22)/b16-9+. The summed E-state index contributed by atoms with van der Waals surface area (Å²) in [5.74, 6) is 0. The maximum Gasteiger partial charge on any atom is 0.278 e. The minimum Gasteiger partial charge on any atom is -0.331 e. The second kappa shape index (κ2) is 7.48. The van der Waals surface area contributed by atoms with E-state index in [1.807, 2.05) is 0 Å². The Morgan fingerprint density at radius 3 is 2.77 bits per heavy atom. The van der Waals surface area contributed by atoms with Crippen LogP contribution < -0.4 is 10.7 Å². The van der Waals surface area contributed by atoms with Crippen LogP contribution in [-0.4, -0.2) is 16.3 Å². The molecule has 0 radical (unpaired) electrons. The summed E-state index contributed by atoms with van der Waals surface area (Å²) in [7, 11) is 0. The van der Waals surface area contributed by atoms with E-state index in [1.165, 1.54) is 12.3 Å². The van der Waals surface area contributed by atoms with Crippen molar-refractivity contribution in [3.05, 3.63) is 69.2 Å². The quantitative estimate of drug-likeness (QED) is 0.387. The van der Waals surface area contributed by atoms with E-state index in [2.05, 4.69) is 15.8 Å². The van der Waals surface area contributed by atoms with Crippen molar-refractivity contribution in [2.75, 3.05) is 5.32 Å². The van der Waals surface area contributed by atoms with Crippen LogP contribution in [0.4, 0.5) is 11.4 Å². The molecule has 0 aliphatic rings. The third-order valence-corrected chi connectivity index (χ3v) is 3.01. The van der Waals surface area contributed by atoms with E-state index in [9.17, 15) is 10.1 Å². The topological polar surface area (TPSA) is 79.6 Å². The average Bonchev–Trinajstić information content (AvgIpc) is 2.47. The van der Waals surface area contributed by atoms with Gasteiger partial charge in [-0.1, -0.05) is 29.8 Å². The van der Waals surface area contributed by atoms with E-state index in [4.69, 9.17) is 23.8 Å². The maximum absolute atomic E-state index is 10.9. The Labute approximate surface area is 136 Å². The molecule has 2 N–H and O–H groups in total. The van der Waals surface area contributed by atoms with Crippen molar-refractivity contribution >= 4 is 46.5 Å². The van der Waals surface area contributed by atoms with Crippen LogP contribution in [0.5, 0.6) is 0 Å². The van der Waals surface area contributed by atoms with Crippen LogP contribution in [0.3, 0.4) is 0 Å². The molecule has 0 saturated carbocycles. The molecule has 22 heavy (non-hydrogen) atoms. The fraction of sp³-hybridized carbons (Fsp3) is 0. The van der Waals surface area contributed by atoms with Gasteiger partial charge in [-0.3, -0.25) is 15.5 Å². The summed E-state index contributed by atoms with van der Waals surface area (Å²) in [6.45, 7) is 0. The number of para-hydroxylation sites is 1. The molecule has 2 aromatic carbocycles. The Balaban J connectivity index is 1.98. The van der Waals surface area contributed by atoms with Gasteiger partial charge in [-0.05, 0) is 36.5 Å². The van der Waals surface area contributed by atoms with E-state index < -0.39 is 4.92 Å². The zero-order valence-electron chi connectivity index (χ0n) is 11.2. The summed E-state index contributed by atoms with van der Waals surface area (Å²) in [5, 5.41) is 18.5. The molecule has 0 spiro atoms. The van der Waals surface area contributed by atoms with Gasteiger partial charge >= 0.3 is 0 Å². The summed E-state index contributed by atoms with van der Waals surface area (Å²) >= 11 is 10.9. The maximum atomic E-state index is 10.9. The minimum absolute atomic E-state index is 0.0261. The van der Waals surface area contributed by atoms with Crippen LogP contribution in [0.1, 0.15) is 5.56 Å².